The van der Waals surface area contributed by atoms with Crippen LogP contribution in [0.25, 0.3) is 11.4 Å². The van der Waals surface area contributed by atoms with Gasteiger partial charge in [-0.3, -0.25) is 4.90 Å². The highest BCUT2D eigenvalue weighted by atomic mass is 16.5. The number of ether oxygens (including phenoxy) is 3. The van der Waals surface area contributed by atoms with E-state index < -0.39 is 0 Å². The third-order valence-corrected chi connectivity index (χ3v) is 4.19. The quantitative estimate of drug-likeness (QED) is 0.832. The number of nitrogens with zero attached hydrogens (tertiary/aromatic N) is 3. The lowest BCUT2D eigenvalue weighted by atomic mass is 10.2. The standard InChI is InChI=1S/C17H23N3O4/c1-11-10-23-12(2)8-20(11)9-16-18-17(19-24-16)13-5-6-14(21-3)15(7-13)22-4/h5-7,11-12H,8-10H2,1-4H3/t11-,12+/m1/s1. The van der Waals surface area contributed by atoms with Crippen LogP contribution in [0.4, 0.5) is 0 Å². The number of hydrogen-bond acceptors (Lipinski definition) is 7. The minimum absolute atomic E-state index is 0.217. The van der Waals surface area contributed by atoms with Gasteiger partial charge in [0.05, 0.1) is 33.5 Å². The second-order valence-electron chi connectivity index (χ2n) is 6.00. The molecule has 24 heavy (non-hydrogen) atoms. The molecular formula is C17H23N3O4. The summed E-state index contributed by atoms with van der Waals surface area (Å²) in [6.07, 6.45) is 0.217. The first-order chi connectivity index (χ1) is 11.6. The molecule has 1 aromatic heterocycles. The average molecular weight is 333 g/mol. The molecule has 0 unspecified atom stereocenters. The zero-order valence-corrected chi connectivity index (χ0v) is 14.5. The van der Waals surface area contributed by atoms with Crippen molar-refractivity contribution in [1.82, 2.24) is 15.0 Å². The molecule has 1 fully saturated rings. The molecule has 1 saturated heterocycles. The van der Waals surface area contributed by atoms with Gasteiger partial charge in [0.25, 0.3) is 0 Å². The predicted molar refractivity (Wildman–Crippen MR) is 88.1 cm³/mol. The highest BCUT2D eigenvalue weighted by Crippen LogP contribution is 2.31. The number of rotatable bonds is 5. The molecular weight excluding hydrogens is 310 g/mol. The van der Waals surface area contributed by atoms with E-state index in [1.165, 1.54) is 0 Å². The third kappa shape index (κ3) is 3.52. The molecule has 1 aliphatic rings. The van der Waals surface area contributed by atoms with E-state index in [9.17, 15) is 0 Å². The Kier molecular flexibility index (Phi) is 5.01. The first-order valence-electron chi connectivity index (χ1n) is 8.01. The van der Waals surface area contributed by atoms with Crippen LogP contribution in [0.15, 0.2) is 22.7 Å². The van der Waals surface area contributed by atoms with Crippen molar-refractivity contribution in [3.63, 3.8) is 0 Å². The van der Waals surface area contributed by atoms with Crippen LogP contribution >= 0.6 is 0 Å². The van der Waals surface area contributed by atoms with Gasteiger partial charge in [0.2, 0.25) is 11.7 Å². The summed E-state index contributed by atoms with van der Waals surface area (Å²) in [6.45, 7) is 6.40. The zero-order valence-electron chi connectivity index (χ0n) is 14.5. The van der Waals surface area contributed by atoms with Crippen molar-refractivity contribution < 1.29 is 18.7 Å². The molecule has 0 bridgehead atoms. The van der Waals surface area contributed by atoms with Crippen LogP contribution in [0, 0.1) is 0 Å². The second-order valence-corrected chi connectivity index (χ2v) is 6.00. The van der Waals surface area contributed by atoms with Gasteiger partial charge < -0.3 is 18.7 Å². The van der Waals surface area contributed by atoms with Gasteiger partial charge in [-0.25, -0.2) is 0 Å². The van der Waals surface area contributed by atoms with Crippen LogP contribution in [-0.4, -0.2) is 54.6 Å². The summed E-state index contributed by atoms with van der Waals surface area (Å²) in [7, 11) is 3.21. The Balaban J connectivity index is 1.75. The van der Waals surface area contributed by atoms with Crippen molar-refractivity contribution in [3.05, 3.63) is 24.1 Å². The van der Waals surface area contributed by atoms with E-state index >= 15 is 0 Å². The molecule has 1 aliphatic heterocycles. The van der Waals surface area contributed by atoms with Gasteiger partial charge >= 0.3 is 0 Å². The number of hydrogen-bond donors (Lipinski definition) is 0. The number of methoxy groups -OCH3 is 2. The Morgan fingerprint density at radius 2 is 2.00 bits per heavy atom. The monoisotopic (exact) mass is 333 g/mol. The largest absolute Gasteiger partial charge is 0.493 e. The summed E-state index contributed by atoms with van der Waals surface area (Å²) in [5.41, 5.74) is 0.825. The van der Waals surface area contributed by atoms with E-state index in [0.717, 1.165) is 18.7 Å². The zero-order chi connectivity index (χ0) is 17.1. The minimum Gasteiger partial charge on any atom is -0.493 e. The molecule has 7 nitrogen and oxygen atoms in total. The SMILES string of the molecule is COc1ccc(-c2noc(CN3C[C@H](C)OC[C@H]3C)n2)cc1OC. The molecule has 2 heterocycles. The molecule has 2 aromatic rings. The van der Waals surface area contributed by atoms with Crippen molar-refractivity contribution >= 4 is 0 Å². The second kappa shape index (κ2) is 7.19. The fraction of sp³-hybridized carbons (Fsp3) is 0.529. The van der Waals surface area contributed by atoms with E-state index in [0.29, 0.717) is 35.8 Å². The Hall–Kier alpha value is -2.12. The summed E-state index contributed by atoms with van der Waals surface area (Å²) in [5, 5.41) is 4.09. The maximum absolute atomic E-state index is 5.65. The van der Waals surface area contributed by atoms with Crippen LogP contribution in [0.5, 0.6) is 11.5 Å². The lowest BCUT2D eigenvalue weighted by Crippen LogP contribution is -2.46. The summed E-state index contributed by atoms with van der Waals surface area (Å²) in [6, 6.07) is 5.88. The lowest BCUT2D eigenvalue weighted by Gasteiger charge is -2.35. The third-order valence-electron chi connectivity index (χ3n) is 4.19. The predicted octanol–water partition coefficient (Wildman–Crippen LogP) is 2.36. The van der Waals surface area contributed by atoms with E-state index in [1.54, 1.807) is 14.2 Å². The normalized spacial score (nSPS) is 21.7. The number of aromatic nitrogens is 2. The fourth-order valence-electron chi connectivity index (χ4n) is 2.78. The van der Waals surface area contributed by atoms with Gasteiger partial charge in [-0.1, -0.05) is 5.16 Å². The fourth-order valence-corrected chi connectivity index (χ4v) is 2.78. The molecule has 0 N–H and O–H groups in total. The van der Waals surface area contributed by atoms with Crippen molar-refractivity contribution in [2.24, 2.45) is 0 Å². The molecule has 0 saturated carbocycles. The van der Waals surface area contributed by atoms with E-state index in [4.69, 9.17) is 18.7 Å². The molecule has 2 atom stereocenters. The number of morpholine rings is 1. The first-order valence-corrected chi connectivity index (χ1v) is 8.01. The molecule has 0 aliphatic carbocycles. The topological polar surface area (TPSA) is 69.9 Å². The van der Waals surface area contributed by atoms with E-state index in [1.807, 2.05) is 18.2 Å². The van der Waals surface area contributed by atoms with Gasteiger partial charge in [0, 0.05) is 18.2 Å². The summed E-state index contributed by atoms with van der Waals surface area (Å²) < 4.78 is 21.6. The molecule has 0 spiro atoms. The molecule has 0 radical (unpaired) electrons. The van der Waals surface area contributed by atoms with Crippen molar-refractivity contribution in [3.8, 4) is 22.9 Å². The Morgan fingerprint density at radius 3 is 2.75 bits per heavy atom. The maximum atomic E-state index is 5.65. The summed E-state index contributed by atoms with van der Waals surface area (Å²) in [4.78, 5) is 6.80. The first kappa shape index (κ1) is 16.7. The molecule has 7 heteroatoms. The molecule has 130 valence electrons. The van der Waals surface area contributed by atoms with Crippen LogP contribution < -0.4 is 9.47 Å². The van der Waals surface area contributed by atoms with Gasteiger partial charge in [-0.15, -0.1) is 0 Å². The van der Waals surface area contributed by atoms with Gasteiger partial charge in [0.1, 0.15) is 0 Å². The van der Waals surface area contributed by atoms with E-state index in [-0.39, 0.29) is 6.10 Å². The van der Waals surface area contributed by atoms with E-state index in [2.05, 4.69) is 28.9 Å². The number of benzene rings is 1. The van der Waals surface area contributed by atoms with Crippen molar-refractivity contribution in [2.45, 2.75) is 32.5 Å². The molecule has 1 aromatic carbocycles. The van der Waals surface area contributed by atoms with Crippen LogP contribution in [-0.2, 0) is 11.3 Å². The van der Waals surface area contributed by atoms with Crippen molar-refractivity contribution in [1.29, 1.82) is 0 Å². The lowest BCUT2D eigenvalue weighted by molar-refractivity contribution is -0.0555. The highest BCUT2D eigenvalue weighted by molar-refractivity contribution is 5.60. The van der Waals surface area contributed by atoms with Crippen LogP contribution in [0.3, 0.4) is 0 Å². The molecule has 3 rings (SSSR count). The highest BCUT2D eigenvalue weighted by Gasteiger charge is 2.25. The summed E-state index contributed by atoms with van der Waals surface area (Å²) >= 11 is 0. The summed E-state index contributed by atoms with van der Waals surface area (Å²) in [5.74, 6) is 2.44. The maximum Gasteiger partial charge on any atom is 0.241 e. The Bertz CT molecular complexity index is 688. The Labute approximate surface area is 141 Å². The Morgan fingerprint density at radius 1 is 1.21 bits per heavy atom. The van der Waals surface area contributed by atoms with Crippen LogP contribution in [0.1, 0.15) is 19.7 Å². The van der Waals surface area contributed by atoms with Crippen molar-refractivity contribution in [2.75, 3.05) is 27.4 Å². The van der Waals surface area contributed by atoms with Gasteiger partial charge in [0.15, 0.2) is 11.5 Å². The van der Waals surface area contributed by atoms with Crippen LogP contribution in [0.2, 0.25) is 0 Å². The minimum atomic E-state index is 0.217. The smallest absolute Gasteiger partial charge is 0.241 e. The van der Waals surface area contributed by atoms with Gasteiger partial charge in [-0.05, 0) is 32.0 Å². The van der Waals surface area contributed by atoms with Gasteiger partial charge in [-0.2, -0.15) is 4.98 Å². The molecule has 0 amide bonds. The average Bonchev–Trinajstić information content (AvgIpc) is 3.06.